The molecule has 0 amide bonds. The molecular formula is C25H25FN2. The maximum atomic E-state index is 13.4. The zero-order valence-corrected chi connectivity index (χ0v) is 16.3. The summed E-state index contributed by atoms with van der Waals surface area (Å²) in [6.45, 7) is 5.41. The van der Waals surface area contributed by atoms with Crippen molar-refractivity contribution in [1.82, 2.24) is 9.47 Å². The molecule has 1 atom stereocenters. The fourth-order valence-electron chi connectivity index (χ4n) is 5.70. The van der Waals surface area contributed by atoms with Crippen LogP contribution in [0.15, 0.2) is 42.5 Å². The van der Waals surface area contributed by atoms with Gasteiger partial charge in [-0.05, 0) is 79.6 Å². The van der Waals surface area contributed by atoms with E-state index < -0.39 is 0 Å². The van der Waals surface area contributed by atoms with Gasteiger partial charge < -0.3 is 4.57 Å². The van der Waals surface area contributed by atoms with Crippen molar-refractivity contribution >= 4 is 16.5 Å². The Bertz CT molecular complexity index is 1120. The normalized spacial score (nSPS) is 21.4. The fourth-order valence-corrected chi connectivity index (χ4v) is 5.70. The first-order valence-electron chi connectivity index (χ1n) is 10.5. The van der Waals surface area contributed by atoms with E-state index in [1.54, 1.807) is 17.7 Å². The standard InChI is InChI=1S/C25H25FN2/c1-16-11-18-4-5-19(17-6-8-20(26)9-7-17)14-28-24-15-27-10-2-3-21(27)13-22(24)23(12-16)25(18)28/h5-9,11-12,21H,2-4,10,13-15H2,1H3. The maximum Gasteiger partial charge on any atom is 0.123 e. The molecule has 28 heavy (non-hydrogen) atoms. The third kappa shape index (κ3) is 2.42. The van der Waals surface area contributed by atoms with Crippen molar-refractivity contribution < 1.29 is 4.39 Å². The molecule has 1 saturated heterocycles. The van der Waals surface area contributed by atoms with E-state index in [4.69, 9.17) is 0 Å². The molecule has 6 rings (SSSR count). The number of nitrogens with zero attached hydrogens (tertiary/aromatic N) is 2. The number of hydrogen-bond donors (Lipinski definition) is 0. The summed E-state index contributed by atoms with van der Waals surface area (Å²) < 4.78 is 16.0. The molecule has 142 valence electrons. The third-order valence-electron chi connectivity index (χ3n) is 7.01. The summed E-state index contributed by atoms with van der Waals surface area (Å²) in [5.41, 5.74) is 9.76. The van der Waals surface area contributed by atoms with Crippen LogP contribution in [0.25, 0.3) is 16.5 Å². The molecule has 4 heterocycles. The average molecular weight is 372 g/mol. The predicted octanol–water partition coefficient (Wildman–Crippen LogP) is 5.25. The monoisotopic (exact) mass is 372 g/mol. The number of aromatic nitrogens is 1. The Labute approximate surface area is 165 Å². The minimum absolute atomic E-state index is 0.169. The Hall–Kier alpha value is -2.39. The molecule has 3 aliphatic heterocycles. The van der Waals surface area contributed by atoms with Gasteiger partial charge in [0.1, 0.15) is 5.82 Å². The van der Waals surface area contributed by atoms with Crippen molar-refractivity contribution in [1.29, 1.82) is 0 Å². The van der Waals surface area contributed by atoms with Gasteiger partial charge in [-0.3, -0.25) is 4.90 Å². The summed E-state index contributed by atoms with van der Waals surface area (Å²) in [7, 11) is 0. The van der Waals surface area contributed by atoms with Gasteiger partial charge >= 0.3 is 0 Å². The largest absolute Gasteiger partial charge is 0.338 e. The molecule has 0 spiro atoms. The molecule has 1 aromatic heterocycles. The van der Waals surface area contributed by atoms with Gasteiger partial charge in [-0.2, -0.15) is 0 Å². The zero-order chi connectivity index (χ0) is 18.8. The van der Waals surface area contributed by atoms with E-state index in [0.29, 0.717) is 0 Å². The fraction of sp³-hybridized carbons (Fsp3) is 0.360. The summed E-state index contributed by atoms with van der Waals surface area (Å²) >= 11 is 0. The van der Waals surface area contributed by atoms with Crippen molar-refractivity contribution in [3.8, 4) is 0 Å². The van der Waals surface area contributed by atoms with Crippen molar-refractivity contribution in [3.63, 3.8) is 0 Å². The lowest BCUT2D eigenvalue weighted by Gasteiger charge is -2.31. The van der Waals surface area contributed by atoms with Crippen LogP contribution in [0.1, 0.15) is 40.8 Å². The molecule has 3 aliphatic rings. The highest BCUT2D eigenvalue weighted by Crippen LogP contribution is 2.40. The van der Waals surface area contributed by atoms with Crippen LogP contribution >= 0.6 is 0 Å². The highest BCUT2D eigenvalue weighted by molar-refractivity contribution is 5.91. The maximum absolute atomic E-state index is 13.4. The molecule has 0 radical (unpaired) electrons. The van der Waals surface area contributed by atoms with E-state index in [0.717, 1.165) is 31.1 Å². The molecule has 2 aromatic carbocycles. The number of allylic oxidation sites excluding steroid dienone is 2. The SMILES string of the molecule is Cc1cc2c3c(c1)c1c(n3CC(c3ccc(F)cc3)=CC2)CN2CCCC2C1. The second-order valence-electron chi connectivity index (χ2n) is 8.74. The van der Waals surface area contributed by atoms with Crippen LogP contribution in [-0.4, -0.2) is 22.1 Å². The summed E-state index contributed by atoms with van der Waals surface area (Å²) in [6, 6.07) is 12.5. The lowest BCUT2D eigenvalue weighted by atomic mass is 9.94. The van der Waals surface area contributed by atoms with Gasteiger partial charge in [-0.1, -0.05) is 29.8 Å². The van der Waals surface area contributed by atoms with Crippen LogP contribution in [-0.2, 0) is 25.9 Å². The molecular weight excluding hydrogens is 347 g/mol. The predicted molar refractivity (Wildman–Crippen MR) is 112 cm³/mol. The Morgan fingerprint density at radius 3 is 2.79 bits per heavy atom. The van der Waals surface area contributed by atoms with E-state index in [9.17, 15) is 4.39 Å². The molecule has 1 fully saturated rings. The summed E-state index contributed by atoms with van der Waals surface area (Å²) in [5.74, 6) is -0.169. The van der Waals surface area contributed by atoms with Crippen LogP contribution in [0.3, 0.4) is 0 Å². The van der Waals surface area contributed by atoms with E-state index in [-0.39, 0.29) is 5.82 Å². The van der Waals surface area contributed by atoms with Crippen LogP contribution in [0.2, 0.25) is 0 Å². The second kappa shape index (κ2) is 6.05. The van der Waals surface area contributed by atoms with E-state index in [2.05, 4.69) is 34.6 Å². The molecule has 2 nitrogen and oxygen atoms in total. The molecule has 3 heteroatoms. The first kappa shape index (κ1) is 16.6. The zero-order valence-electron chi connectivity index (χ0n) is 16.3. The van der Waals surface area contributed by atoms with Crippen molar-refractivity contribution in [3.05, 3.63) is 76.2 Å². The Morgan fingerprint density at radius 1 is 1.07 bits per heavy atom. The second-order valence-corrected chi connectivity index (χ2v) is 8.74. The minimum atomic E-state index is -0.169. The molecule has 0 N–H and O–H groups in total. The van der Waals surface area contributed by atoms with Gasteiger partial charge in [0.2, 0.25) is 0 Å². The van der Waals surface area contributed by atoms with Crippen LogP contribution < -0.4 is 0 Å². The average Bonchev–Trinajstić information content (AvgIpc) is 3.20. The molecule has 0 aliphatic carbocycles. The van der Waals surface area contributed by atoms with Crippen molar-refractivity contribution in [2.24, 2.45) is 0 Å². The smallest absolute Gasteiger partial charge is 0.123 e. The van der Waals surface area contributed by atoms with Crippen LogP contribution in [0.4, 0.5) is 4.39 Å². The topological polar surface area (TPSA) is 8.17 Å². The van der Waals surface area contributed by atoms with Gasteiger partial charge in [0.15, 0.2) is 0 Å². The van der Waals surface area contributed by atoms with Crippen LogP contribution in [0.5, 0.6) is 0 Å². The van der Waals surface area contributed by atoms with Gasteiger partial charge in [0, 0.05) is 30.2 Å². The first-order valence-corrected chi connectivity index (χ1v) is 10.5. The Kier molecular flexibility index (Phi) is 3.58. The number of benzene rings is 2. The first-order chi connectivity index (χ1) is 13.7. The molecule has 3 aromatic rings. The highest BCUT2D eigenvalue weighted by Gasteiger charge is 2.34. The van der Waals surface area contributed by atoms with Gasteiger partial charge in [-0.15, -0.1) is 0 Å². The third-order valence-corrected chi connectivity index (χ3v) is 7.01. The molecule has 0 bridgehead atoms. The number of fused-ring (bicyclic) bond motifs is 4. The minimum Gasteiger partial charge on any atom is -0.338 e. The highest BCUT2D eigenvalue weighted by atomic mass is 19.1. The lowest BCUT2D eigenvalue weighted by Crippen LogP contribution is -2.35. The van der Waals surface area contributed by atoms with Gasteiger partial charge in [-0.25, -0.2) is 4.39 Å². The van der Waals surface area contributed by atoms with Crippen molar-refractivity contribution in [2.45, 2.75) is 51.7 Å². The number of hydrogen-bond acceptors (Lipinski definition) is 1. The number of aryl methyl sites for hydroxylation is 1. The van der Waals surface area contributed by atoms with Gasteiger partial charge in [0.05, 0.1) is 5.52 Å². The van der Waals surface area contributed by atoms with E-state index >= 15 is 0 Å². The summed E-state index contributed by atoms with van der Waals surface area (Å²) in [5, 5.41) is 1.48. The van der Waals surface area contributed by atoms with E-state index in [1.165, 1.54) is 59.1 Å². The van der Waals surface area contributed by atoms with E-state index in [1.807, 2.05) is 12.1 Å². The Balaban J connectivity index is 1.54. The Morgan fingerprint density at radius 2 is 1.93 bits per heavy atom. The molecule has 0 saturated carbocycles. The quantitative estimate of drug-likeness (QED) is 0.566. The summed E-state index contributed by atoms with van der Waals surface area (Å²) in [6.07, 6.45) is 7.16. The van der Waals surface area contributed by atoms with Crippen LogP contribution in [0, 0.1) is 12.7 Å². The number of halogens is 1. The lowest BCUT2D eigenvalue weighted by molar-refractivity contribution is 0.222. The van der Waals surface area contributed by atoms with Gasteiger partial charge in [0.25, 0.3) is 0 Å². The molecule has 1 unspecified atom stereocenters. The summed E-state index contributed by atoms with van der Waals surface area (Å²) in [4.78, 5) is 2.68. The number of rotatable bonds is 1. The van der Waals surface area contributed by atoms with Crippen molar-refractivity contribution in [2.75, 3.05) is 6.54 Å².